The predicted octanol–water partition coefficient (Wildman–Crippen LogP) is 2.89. The van der Waals surface area contributed by atoms with Crippen molar-refractivity contribution in [3.63, 3.8) is 0 Å². The fourth-order valence-electron chi connectivity index (χ4n) is 3.95. The number of amides is 2. The van der Waals surface area contributed by atoms with Crippen molar-refractivity contribution in [1.82, 2.24) is 16.0 Å². The van der Waals surface area contributed by atoms with Gasteiger partial charge in [-0.2, -0.15) is 0 Å². The molecule has 0 radical (unpaired) electrons. The summed E-state index contributed by atoms with van der Waals surface area (Å²) < 4.78 is 5.28. The van der Waals surface area contributed by atoms with E-state index < -0.39 is 17.9 Å². The quantitative estimate of drug-likeness (QED) is 0.152. The first-order valence-corrected chi connectivity index (χ1v) is 11.9. The normalized spacial score (nSPS) is 11.5. The first kappa shape index (κ1) is 26.4. The molecular formula is C28H33N5O3. The van der Waals surface area contributed by atoms with Crippen molar-refractivity contribution in [1.29, 1.82) is 5.41 Å². The minimum absolute atomic E-state index is 0.121. The van der Waals surface area contributed by atoms with Crippen molar-refractivity contribution >= 4 is 17.8 Å². The molecule has 0 bridgehead atoms. The predicted molar refractivity (Wildman–Crippen MR) is 141 cm³/mol. The van der Waals surface area contributed by atoms with Crippen LogP contribution in [0.25, 0.3) is 0 Å². The largest absolute Gasteiger partial charge is 0.497 e. The van der Waals surface area contributed by atoms with Gasteiger partial charge in [-0.05, 0) is 41.7 Å². The standard InChI is InChI=1S/C28H33N5O3/c1-36-23-15-8-10-20(18-23)19-32-24(16-9-17-31-28(29)30)26(34)33-27(35)25(21-11-4-2-5-12-21)22-13-6-3-7-14-22/h2-8,10-15,18,24-25,32H,9,16-17,19H2,1H3,(H4,29,30,31)(H,33,34,35)/t24-/m0/s1. The average molecular weight is 488 g/mol. The van der Waals surface area contributed by atoms with E-state index in [-0.39, 0.29) is 11.9 Å². The van der Waals surface area contributed by atoms with Crippen LogP contribution in [0.15, 0.2) is 84.9 Å². The number of carbonyl (C=O) groups excluding carboxylic acids is 2. The molecule has 3 aromatic carbocycles. The molecule has 188 valence electrons. The van der Waals surface area contributed by atoms with E-state index in [1.165, 1.54) is 0 Å². The lowest BCUT2D eigenvalue weighted by molar-refractivity contribution is -0.132. The van der Waals surface area contributed by atoms with E-state index in [1.54, 1.807) is 7.11 Å². The highest BCUT2D eigenvalue weighted by atomic mass is 16.5. The molecular weight excluding hydrogens is 454 g/mol. The molecule has 0 unspecified atom stereocenters. The van der Waals surface area contributed by atoms with Gasteiger partial charge in [0.15, 0.2) is 5.96 Å². The van der Waals surface area contributed by atoms with Gasteiger partial charge in [0.1, 0.15) is 5.75 Å². The Kier molecular flexibility index (Phi) is 10.0. The maximum absolute atomic E-state index is 13.4. The summed E-state index contributed by atoms with van der Waals surface area (Å²) in [6.45, 7) is 0.870. The Balaban J connectivity index is 1.74. The van der Waals surface area contributed by atoms with Gasteiger partial charge in [-0.3, -0.25) is 20.3 Å². The molecule has 0 heterocycles. The van der Waals surface area contributed by atoms with Crippen LogP contribution in [0.4, 0.5) is 0 Å². The molecule has 0 spiro atoms. The number of nitrogens with two attached hydrogens (primary N) is 1. The molecule has 36 heavy (non-hydrogen) atoms. The van der Waals surface area contributed by atoms with Gasteiger partial charge in [-0.1, -0.05) is 72.8 Å². The molecule has 6 N–H and O–H groups in total. The van der Waals surface area contributed by atoms with E-state index in [9.17, 15) is 9.59 Å². The number of carbonyl (C=O) groups is 2. The lowest BCUT2D eigenvalue weighted by atomic mass is 9.90. The second kappa shape index (κ2) is 13.7. The van der Waals surface area contributed by atoms with Gasteiger partial charge >= 0.3 is 0 Å². The molecule has 0 fully saturated rings. The summed E-state index contributed by atoms with van der Waals surface area (Å²) in [4.78, 5) is 26.7. The van der Waals surface area contributed by atoms with E-state index >= 15 is 0 Å². The number of rotatable bonds is 12. The molecule has 0 aliphatic rings. The molecule has 2 amide bonds. The molecule has 0 saturated heterocycles. The Morgan fingerprint density at radius 1 is 0.917 bits per heavy atom. The van der Waals surface area contributed by atoms with Crippen molar-refractivity contribution in [3.05, 3.63) is 102 Å². The summed E-state index contributed by atoms with van der Waals surface area (Å²) in [6.07, 6.45) is 1.03. The van der Waals surface area contributed by atoms with Crippen LogP contribution < -0.4 is 26.4 Å². The molecule has 3 aromatic rings. The monoisotopic (exact) mass is 487 g/mol. The Morgan fingerprint density at radius 2 is 1.56 bits per heavy atom. The molecule has 8 nitrogen and oxygen atoms in total. The van der Waals surface area contributed by atoms with Crippen molar-refractivity contribution < 1.29 is 14.3 Å². The van der Waals surface area contributed by atoms with Crippen LogP contribution in [0, 0.1) is 5.41 Å². The van der Waals surface area contributed by atoms with Gasteiger partial charge in [-0.25, -0.2) is 0 Å². The zero-order chi connectivity index (χ0) is 25.8. The van der Waals surface area contributed by atoms with Crippen molar-refractivity contribution in [2.45, 2.75) is 31.3 Å². The summed E-state index contributed by atoms with van der Waals surface area (Å²) in [7, 11) is 1.60. The van der Waals surface area contributed by atoms with E-state index in [0.29, 0.717) is 25.9 Å². The Morgan fingerprint density at radius 3 is 2.14 bits per heavy atom. The Hall–Kier alpha value is -4.17. The number of imide groups is 1. The molecule has 1 atom stereocenters. The molecule has 0 aliphatic heterocycles. The van der Waals surface area contributed by atoms with Crippen LogP contribution in [0.5, 0.6) is 5.75 Å². The van der Waals surface area contributed by atoms with Crippen LogP contribution in [0.2, 0.25) is 0 Å². The second-order valence-corrected chi connectivity index (χ2v) is 8.38. The lowest BCUT2D eigenvalue weighted by Gasteiger charge is -2.21. The van der Waals surface area contributed by atoms with Gasteiger partial charge in [0.2, 0.25) is 11.8 Å². The van der Waals surface area contributed by atoms with Gasteiger partial charge in [-0.15, -0.1) is 0 Å². The third-order valence-corrected chi connectivity index (χ3v) is 5.76. The summed E-state index contributed by atoms with van der Waals surface area (Å²) in [5.41, 5.74) is 7.92. The van der Waals surface area contributed by atoms with E-state index in [0.717, 1.165) is 22.4 Å². The number of benzene rings is 3. The van der Waals surface area contributed by atoms with E-state index in [2.05, 4.69) is 16.0 Å². The third-order valence-electron chi connectivity index (χ3n) is 5.76. The van der Waals surface area contributed by atoms with Crippen LogP contribution in [-0.2, 0) is 16.1 Å². The van der Waals surface area contributed by atoms with Gasteiger partial charge in [0, 0.05) is 13.1 Å². The smallest absolute Gasteiger partial charge is 0.243 e. The zero-order valence-electron chi connectivity index (χ0n) is 20.4. The Labute approximate surface area is 211 Å². The minimum Gasteiger partial charge on any atom is -0.497 e. The highest BCUT2D eigenvalue weighted by Gasteiger charge is 2.27. The average Bonchev–Trinajstić information content (AvgIpc) is 2.89. The maximum Gasteiger partial charge on any atom is 0.243 e. The molecule has 3 rings (SSSR count). The highest BCUT2D eigenvalue weighted by molar-refractivity contribution is 6.01. The van der Waals surface area contributed by atoms with Crippen LogP contribution in [0.1, 0.15) is 35.4 Å². The van der Waals surface area contributed by atoms with Crippen molar-refractivity contribution in [3.8, 4) is 5.75 Å². The van der Waals surface area contributed by atoms with Crippen LogP contribution in [0.3, 0.4) is 0 Å². The number of methoxy groups -OCH3 is 1. The summed E-state index contributed by atoms with van der Waals surface area (Å²) in [5.74, 6) is -0.793. The number of hydrogen-bond donors (Lipinski definition) is 5. The Bertz CT molecular complexity index is 1100. The van der Waals surface area contributed by atoms with Crippen molar-refractivity contribution in [2.24, 2.45) is 5.73 Å². The molecule has 8 heteroatoms. The molecule has 0 aromatic heterocycles. The van der Waals surface area contributed by atoms with Crippen LogP contribution >= 0.6 is 0 Å². The number of hydrogen-bond acceptors (Lipinski definition) is 5. The number of guanidine groups is 1. The SMILES string of the molecule is COc1cccc(CN[C@@H](CCCNC(=N)N)C(=O)NC(=O)C(c2ccccc2)c2ccccc2)c1. The number of ether oxygens (including phenoxy) is 1. The van der Waals surface area contributed by atoms with Crippen molar-refractivity contribution in [2.75, 3.05) is 13.7 Å². The van der Waals surface area contributed by atoms with E-state index in [4.69, 9.17) is 15.9 Å². The topological polar surface area (TPSA) is 129 Å². The first-order valence-electron chi connectivity index (χ1n) is 11.9. The first-order chi connectivity index (χ1) is 17.5. The fourth-order valence-corrected chi connectivity index (χ4v) is 3.95. The maximum atomic E-state index is 13.4. The van der Waals surface area contributed by atoms with Gasteiger partial charge in [0.25, 0.3) is 0 Å². The zero-order valence-corrected chi connectivity index (χ0v) is 20.4. The third kappa shape index (κ3) is 7.95. The minimum atomic E-state index is -0.624. The molecule has 0 aliphatic carbocycles. The summed E-state index contributed by atoms with van der Waals surface area (Å²) in [5, 5.41) is 16.0. The van der Waals surface area contributed by atoms with Gasteiger partial charge in [0.05, 0.1) is 19.1 Å². The second-order valence-electron chi connectivity index (χ2n) is 8.38. The lowest BCUT2D eigenvalue weighted by Crippen LogP contribution is -2.47. The fraction of sp³-hybridized carbons (Fsp3) is 0.250. The summed E-state index contributed by atoms with van der Waals surface area (Å²) >= 11 is 0. The summed E-state index contributed by atoms with van der Waals surface area (Å²) in [6, 6.07) is 25.8. The molecule has 0 saturated carbocycles. The van der Waals surface area contributed by atoms with E-state index in [1.807, 2.05) is 84.9 Å². The van der Waals surface area contributed by atoms with Crippen LogP contribution in [-0.4, -0.2) is 37.5 Å². The number of nitrogens with one attached hydrogen (secondary N) is 4. The van der Waals surface area contributed by atoms with Gasteiger partial charge < -0.3 is 21.1 Å². The highest BCUT2D eigenvalue weighted by Crippen LogP contribution is 2.24.